The molecule has 1 atom stereocenters. The summed E-state index contributed by atoms with van der Waals surface area (Å²) >= 11 is 6.10. The van der Waals surface area contributed by atoms with E-state index in [1.165, 1.54) is 0 Å². The largest absolute Gasteiger partial charge is 0.464 e. The Labute approximate surface area is 106 Å². The lowest BCUT2D eigenvalue weighted by molar-refractivity contribution is 0.465. The van der Waals surface area contributed by atoms with Crippen molar-refractivity contribution in [1.82, 2.24) is 0 Å². The number of furan rings is 1. The summed E-state index contributed by atoms with van der Waals surface area (Å²) in [5, 5.41) is 0.734. The van der Waals surface area contributed by atoms with Gasteiger partial charge in [0, 0.05) is 5.02 Å². The van der Waals surface area contributed by atoms with E-state index in [2.05, 4.69) is 0 Å². The number of hydrogen-bond donors (Lipinski definition) is 1. The lowest BCUT2D eigenvalue weighted by atomic mass is 10.0. The topological polar surface area (TPSA) is 39.2 Å². The van der Waals surface area contributed by atoms with Crippen molar-refractivity contribution in [2.24, 2.45) is 5.73 Å². The van der Waals surface area contributed by atoms with E-state index in [9.17, 15) is 0 Å². The minimum absolute atomic E-state index is 0.263. The van der Waals surface area contributed by atoms with Crippen molar-refractivity contribution in [2.45, 2.75) is 26.8 Å². The maximum atomic E-state index is 6.17. The number of aryl methyl sites for hydroxylation is 3. The standard InChI is InChI=1S/C14H16ClNO/c1-8-4-5-11(7-12(8)15)14(16)13-6-9(2)10(3)17-13/h4-7,14H,16H2,1-3H3. The zero-order valence-corrected chi connectivity index (χ0v) is 11.0. The Bertz CT molecular complexity index is 526. The van der Waals surface area contributed by atoms with Crippen LogP contribution in [0.15, 0.2) is 28.7 Å². The van der Waals surface area contributed by atoms with Crippen molar-refractivity contribution >= 4 is 11.6 Å². The molecule has 2 aromatic rings. The summed E-state index contributed by atoms with van der Waals surface area (Å²) in [5.74, 6) is 1.69. The third-order valence-corrected chi connectivity index (χ3v) is 3.45. The molecule has 0 fully saturated rings. The van der Waals surface area contributed by atoms with Crippen LogP contribution in [-0.2, 0) is 0 Å². The molecule has 2 rings (SSSR count). The van der Waals surface area contributed by atoms with Gasteiger partial charge in [0.05, 0.1) is 6.04 Å². The third-order valence-electron chi connectivity index (χ3n) is 3.05. The minimum atomic E-state index is -0.263. The number of nitrogens with two attached hydrogens (primary N) is 1. The van der Waals surface area contributed by atoms with Gasteiger partial charge in [-0.1, -0.05) is 23.7 Å². The van der Waals surface area contributed by atoms with Crippen molar-refractivity contribution in [1.29, 1.82) is 0 Å². The van der Waals surface area contributed by atoms with Crippen LogP contribution in [0, 0.1) is 20.8 Å². The first kappa shape index (κ1) is 12.2. The third kappa shape index (κ3) is 2.38. The molecule has 1 aromatic carbocycles. The molecule has 0 aliphatic heterocycles. The van der Waals surface area contributed by atoms with Crippen molar-refractivity contribution in [3.8, 4) is 0 Å². The zero-order valence-electron chi connectivity index (χ0n) is 10.3. The van der Waals surface area contributed by atoms with E-state index in [1.54, 1.807) is 0 Å². The highest BCUT2D eigenvalue weighted by molar-refractivity contribution is 6.31. The summed E-state index contributed by atoms with van der Waals surface area (Å²) < 4.78 is 5.63. The summed E-state index contributed by atoms with van der Waals surface area (Å²) in [6.45, 7) is 5.92. The fourth-order valence-electron chi connectivity index (χ4n) is 1.72. The molecule has 0 radical (unpaired) electrons. The predicted molar refractivity (Wildman–Crippen MR) is 70.4 cm³/mol. The molecule has 2 N–H and O–H groups in total. The van der Waals surface area contributed by atoms with Crippen LogP contribution in [0.5, 0.6) is 0 Å². The number of benzene rings is 1. The van der Waals surface area contributed by atoms with E-state index < -0.39 is 0 Å². The summed E-state index contributed by atoms with van der Waals surface area (Å²) in [6, 6.07) is 7.57. The summed E-state index contributed by atoms with van der Waals surface area (Å²) in [5.41, 5.74) is 9.30. The molecule has 0 saturated heterocycles. The predicted octanol–water partition coefficient (Wildman–Crippen LogP) is 3.91. The lowest BCUT2D eigenvalue weighted by Crippen LogP contribution is -2.10. The Morgan fingerprint density at radius 2 is 1.82 bits per heavy atom. The smallest absolute Gasteiger partial charge is 0.125 e. The molecule has 0 aliphatic rings. The van der Waals surface area contributed by atoms with Gasteiger partial charge < -0.3 is 10.2 Å². The van der Waals surface area contributed by atoms with E-state index in [-0.39, 0.29) is 6.04 Å². The molecule has 0 bridgehead atoms. The van der Waals surface area contributed by atoms with Gasteiger partial charge >= 0.3 is 0 Å². The van der Waals surface area contributed by atoms with Gasteiger partial charge in [-0.25, -0.2) is 0 Å². The maximum Gasteiger partial charge on any atom is 0.125 e. The Morgan fingerprint density at radius 1 is 1.12 bits per heavy atom. The molecule has 90 valence electrons. The first-order chi connectivity index (χ1) is 7.99. The molecular weight excluding hydrogens is 234 g/mol. The highest BCUT2D eigenvalue weighted by Gasteiger charge is 2.15. The quantitative estimate of drug-likeness (QED) is 0.877. The van der Waals surface area contributed by atoms with Gasteiger partial charge in [-0.05, 0) is 49.6 Å². The minimum Gasteiger partial charge on any atom is -0.464 e. The Balaban J connectivity index is 2.36. The molecule has 1 heterocycles. The summed E-state index contributed by atoms with van der Waals surface area (Å²) in [6.07, 6.45) is 0. The number of rotatable bonds is 2. The SMILES string of the molecule is Cc1ccc(C(N)c2cc(C)c(C)o2)cc1Cl. The molecule has 2 nitrogen and oxygen atoms in total. The second-order valence-corrected chi connectivity index (χ2v) is 4.78. The number of halogens is 1. The fourth-order valence-corrected chi connectivity index (χ4v) is 1.91. The van der Waals surface area contributed by atoms with Crippen LogP contribution < -0.4 is 5.73 Å². The van der Waals surface area contributed by atoms with Crippen LogP contribution in [0.2, 0.25) is 5.02 Å². The van der Waals surface area contributed by atoms with Gasteiger partial charge in [0.1, 0.15) is 11.5 Å². The van der Waals surface area contributed by atoms with Crippen molar-refractivity contribution < 1.29 is 4.42 Å². The van der Waals surface area contributed by atoms with E-state index in [0.29, 0.717) is 0 Å². The normalized spacial score (nSPS) is 12.8. The highest BCUT2D eigenvalue weighted by atomic mass is 35.5. The lowest BCUT2D eigenvalue weighted by Gasteiger charge is -2.10. The van der Waals surface area contributed by atoms with Crippen LogP contribution in [0.3, 0.4) is 0 Å². The van der Waals surface area contributed by atoms with Crippen LogP contribution in [-0.4, -0.2) is 0 Å². The molecule has 0 aliphatic carbocycles. The van der Waals surface area contributed by atoms with E-state index in [0.717, 1.165) is 33.2 Å². The molecule has 0 spiro atoms. The van der Waals surface area contributed by atoms with Crippen LogP contribution in [0.4, 0.5) is 0 Å². The zero-order chi connectivity index (χ0) is 12.6. The monoisotopic (exact) mass is 249 g/mol. The summed E-state index contributed by atoms with van der Waals surface area (Å²) in [7, 11) is 0. The molecular formula is C14H16ClNO. The van der Waals surface area contributed by atoms with Gasteiger partial charge in [0.25, 0.3) is 0 Å². The molecule has 17 heavy (non-hydrogen) atoms. The Kier molecular flexibility index (Phi) is 3.27. The van der Waals surface area contributed by atoms with Crippen LogP contribution >= 0.6 is 11.6 Å². The van der Waals surface area contributed by atoms with Gasteiger partial charge in [0.15, 0.2) is 0 Å². The fraction of sp³-hybridized carbons (Fsp3) is 0.286. The van der Waals surface area contributed by atoms with Gasteiger partial charge in [-0.15, -0.1) is 0 Å². The van der Waals surface area contributed by atoms with Crippen molar-refractivity contribution in [3.63, 3.8) is 0 Å². The second-order valence-electron chi connectivity index (χ2n) is 4.37. The van der Waals surface area contributed by atoms with E-state index in [1.807, 2.05) is 45.0 Å². The Morgan fingerprint density at radius 3 is 2.35 bits per heavy atom. The number of hydrogen-bond acceptors (Lipinski definition) is 2. The average Bonchev–Trinajstić information content (AvgIpc) is 2.62. The molecule has 1 aromatic heterocycles. The van der Waals surface area contributed by atoms with Crippen molar-refractivity contribution in [2.75, 3.05) is 0 Å². The van der Waals surface area contributed by atoms with Gasteiger partial charge in [-0.3, -0.25) is 0 Å². The second kappa shape index (κ2) is 4.55. The Hall–Kier alpha value is -1.25. The molecule has 1 unspecified atom stereocenters. The van der Waals surface area contributed by atoms with Crippen LogP contribution in [0.25, 0.3) is 0 Å². The van der Waals surface area contributed by atoms with E-state index >= 15 is 0 Å². The highest BCUT2D eigenvalue weighted by Crippen LogP contribution is 2.27. The average molecular weight is 250 g/mol. The van der Waals surface area contributed by atoms with E-state index in [4.69, 9.17) is 21.8 Å². The van der Waals surface area contributed by atoms with Gasteiger partial charge in [0.2, 0.25) is 0 Å². The first-order valence-electron chi connectivity index (χ1n) is 5.57. The molecule has 0 saturated carbocycles. The maximum absolute atomic E-state index is 6.17. The van der Waals surface area contributed by atoms with Gasteiger partial charge in [-0.2, -0.15) is 0 Å². The van der Waals surface area contributed by atoms with Crippen molar-refractivity contribution in [3.05, 3.63) is 57.5 Å². The van der Waals surface area contributed by atoms with Crippen LogP contribution in [0.1, 0.15) is 34.3 Å². The summed E-state index contributed by atoms with van der Waals surface area (Å²) in [4.78, 5) is 0. The first-order valence-corrected chi connectivity index (χ1v) is 5.95. The molecule has 3 heteroatoms. The molecule has 0 amide bonds.